The highest BCUT2D eigenvalue weighted by molar-refractivity contribution is 7.92. The lowest BCUT2D eigenvalue weighted by Crippen LogP contribution is -2.14. The molecular weight excluding hydrogens is 425 g/mol. The van der Waals surface area contributed by atoms with Gasteiger partial charge >= 0.3 is 0 Å². The maximum atomic E-state index is 13.3. The van der Waals surface area contributed by atoms with Crippen LogP contribution in [0.25, 0.3) is 0 Å². The Labute approximate surface area is 170 Å². The molecule has 3 rings (SSSR count). The molecule has 0 saturated carbocycles. The molecule has 1 amide bonds. The van der Waals surface area contributed by atoms with Gasteiger partial charge in [-0.05, 0) is 35.9 Å². The van der Waals surface area contributed by atoms with Crippen LogP contribution in [0.2, 0.25) is 5.02 Å². The molecule has 0 unspecified atom stereocenters. The number of nitrogens with zero attached hydrogens (tertiary/aromatic N) is 1. The van der Waals surface area contributed by atoms with E-state index in [0.717, 1.165) is 16.7 Å². The number of hydrogen-bond donors (Lipinski definition) is 2. The minimum absolute atomic E-state index is 0.114. The molecular formula is C18H15ClFN3O3S2. The van der Waals surface area contributed by atoms with Crippen molar-refractivity contribution < 1.29 is 17.6 Å². The van der Waals surface area contributed by atoms with E-state index in [1.54, 1.807) is 12.3 Å². The second-order valence-electron chi connectivity index (χ2n) is 5.96. The molecule has 1 heterocycles. The third kappa shape index (κ3) is 5.51. The average molecular weight is 440 g/mol. The van der Waals surface area contributed by atoms with Crippen LogP contribution < -0.4 is 10.0 Å². The fourth-order valence-electron chi connectivity index (χ4n) is 2.41. The van der Waals surface area contributed by atoms with Crippen LogP contribution in [0.5, 0.6) is 0 Å². The molecule has 3 aromatic rings. The maximum Gasteiger partial charge on any atom is 0.257 e. The number of carbonyl (C=O) groups is 1. The van der Waals surface area contributed by atoms with Gasteiger partial charge in [-0.3, -0.25) is 14.8 Å². The van der Waals surface area contributed by atoms with Crippen molar-refractivity contribution in [3.63, 3.8) is 0 Å². The Morgan fingerprint density at radius 1 is 1.25 bits per heavy atom. The molecule has 0 radical (unpaired) electrons. The highest BCUT2D eigenvalue weighted by Crippen LogP contribution is 2.26. The summed E-state index contributed by atoms with van der Waals surface area (Å²) < 4.78 is 38.3. The van der Waals surface area contributed by atoms with E-state index in [-0.39, 0.29) is 22.1 Å². The summed E-state index contributed by atoms with van der Waals surface area (Å²) in [6, 6.07) is 10.5. The zero-order valence-electron chi connectivity index (χ0n) is 14.6. The molecule has 0 spiro atoms. The largest absolute Gasteiger partial charge is 0.298 e. The van der Waals surface area contributed by atoms with Gasteiger partial charge in [0, 0.05) is 23.1 Å². The topological polar surface area (TPSA) is 88.2 Å². The lowest BCUT2D eigenvalue weighted by molar-refractivity contribution is 0.102. The van der Waals surface area contributed by atoms with Gasteiger partial charge in [0.25, 0.3) is 5.91 Å². The van der Waals surface area contributed by atoms with E-state index < -0.39 is 15.9 Å². The molecule has 0 aliphatic heterocycles. The van der Waals surface area contributed by atoms with Crippen LogP contribution in [0.1, 0.15) is 20.8 Å². The van der Waals surface area contributed by atoms with Crippen LogP contribution in [0.15, 0.2) is 48.7 Å². The molecule has 0 aliphatic carbocycles. The van der Waals surface area contributed by atoms with E-state index in [9.17, 15) is 17.6 Å². The SMILES string of the molecule is CS(=O)(=O)Nc1cc(C(=O)Nc2ncc(Cc3cccc(F)c3)s2)ccc1Cl. The van der Waals surface area contributed by atoms with Gasteiger partial charge in [0.05, 0.1) is 17.0 Å². The Hall–Kier alpha value is -2.49. The van der Waals surface area contributed by atoms with Gasteiger partial charge < -0.3 is 0 Å². The quantitative estimate of drug-likeness (QED) is 0.603. The van der Waals surface area contributed by atoms with Gasteiger partial charge in [-0.1, -0.05) is 23.7 Å². The first-order valence-corrected chi connectivity index (χ1v) is 11.1. The summed E-state index contributed by atoms with van der Waals surface area (Å²) in [6.07, 6.45) is 3.10. The number of carbonyl (C=O) groups excluding carboxylic acids is 1. The second kappa shape index (κ2) is 8.26. The van der Waals surface area contributed by atoms with Gasteiger partial charge in [0.15, 0.2) is 5.13 Å². The standard InChI is InChI=1S/C18H15ClFN3O3S2/c1-28(25,26)23-16-9-12(5-6-15(16)19)17(24)22-18-21-10-14(27-18)8-11-3-2-4-13(20)7-11/h2-7,9-10,23H,8H2,1H3,(H,21,22,24). The van der Waals surface area contributed by atoms with Gasteiger partial charge in [-0.25, -0.2) is 17.8 Å². The molecule has 0 fully saturated rings. The number of sulfonamides is 1. The number of anilines is 2. The van der Waals surface area contributed by atoms with Crippen molar-refractivity contribution in [3.8, 4) is 0 Å². The van der Waals surface area contributed by atoms with Crippen molar-refractivity contribution in [2.45, 2.75) is 6.42 Å². The fraction of sp³-hybridized carbons (Fsp3) is 0.111. The van der Waals surface area contributed by atoms with E-state index >= 15 is 0 Å². The molecule has 2 aromatic carbocycles. The molecule has 2 N–H and O–H groups in total. The lowest BCUT2D eigenvalue weighted by Gasteiger charge is -2.08. The van der Waals surface area contributed by atoms with Crippen LogP contribution in [0, 0.1) is 5.82 Å². The summed E-state index contributed by atoms with van der Waals surface area (Å²) in [5.41, 5.74) is 1.14. The van der Waals surface area contributed by atoms with Gasteiger partial charge in [-0.15, -0.1) is 11.3 Å². The Kier molecular flexibility index (Phi) is 5.97. The third-order valence-electron chi connectivity index (χ3n) is 3.57. The van der Waals surface area contributed by atoms with E-state index in [2.05, 4.69) is 15.0 Å². The molecule has 28 heavy (non-hydrogen) atoms. The van der Waals surface area contributed by atoms with Crippen molar-refractivity contribution in [1.29, 1.82) is 0 Å². The van der Waals surface area contributed by atoms with Gasteiger partial charge in [0.2, 0.25) is 10.0 Å². The van der Waals surface area contributed by atoms with E-state index in [1.165, 1.54) is 41.7 Å². The predicted molar refractivity (Wildman–Crippen MR) is 109 cm³/mol. The molecule has 0 bridgehead atoms. The number of thiazole rings is 1. The first-order valence-electron chi connectivity index (χ1n) is 7.97. The summed E-state index contributed by atoms with van der Waals surface area (Å²) in [5.74, 6) is -0.767. The minimum Gasteiger partial charge on any atom is -0.298 e. The van der Waals surface area contributed by atoms with Crippen LogP contribution in [-0.4, -0.2) is 25.6 Å². The van der Waals surface area contributed by atoms with E-state index in [0.29, 0.717) is 11.6 Å². The molecule has 6 nitrogen and oxygen atoms in total. The fourth-order valence-corrected chi connectivity index (χ4v) is 4.04. The van der Waals surface area contributed by atoms with Crippen molar-refractivity contribution in [3.05, 3.63) is 75.5 Å². The number of rotatable bonds is 6. The highest BCUT2D eigenvalue weighted by Gasteiger charge is 2.13. The lowest BCUT2D eigenvalue weighted by atomic mass is 10.1. The number of hydrogen-bond acceptors (Lipinski definition) is 5. The zero-order chi connectivity index (χ0) is 20.3. The molecule has 10 heteroatoms. The Bertz CT molecular complexity index is 1130. The van der Waals surface area contributed by atoms with Crippen LogP contribution in [0.3, 0.4) is 0 Å². The highest BCUT2D eigenvalue weighted by atomic mass is 35.5. The summed E-state index contributed by atoms with van der Waals surface area (Å²) in [4.78, 5) is 17.5. The molecule has 0 aliphatic rings. The van der Waals surface area contributed by atoms with Crippen molar-refractivity contribution in [2.75, 3.05) is 16.3 Å². The van der Waals surface area contributed by atoms with Crippen molar-refractivity contribution in [2.24, 2.45) is 0 Å². The van der Waals surface area contributed by atoms with Crippen molar-refractivity contribution >= 4 is 49.7 Å². The first kappa shape index (κ1) is 20.2. The van der Waals surface area contributed by atoms with Gasteiger partial charge in [-0.2, -0.15) is 0 Å². The molecule has 1 aromatic heterocycles. The number of benzene rings is 2. The number of nitrogens with one attached hydrogen (secondary N) is 2. The normalized spacial score (nSPS) is 11.2. The molecule has 0 saturated heterocycles. The Balaban J connectivity index is 1.71. The summed E-state index contributed by atoms with van der Waals surface area (Å²) in [5, 5.41) is 3.21. The monoisotopic (exact) mass is 439 g/mol. The number of amides is 1. The number of aromatic nitrogens is 1. The van der Waals surface area contributed by atoms with E-state index in [4.69, 9.17) is 11.6 Å². The average Bonchev–Trinajstić information content (AvgIpc) is 3.02. The zero-order valence-corrected chi connectivity index (χ0v) is 17.0. The second-order valence-corrected chi connectivity index (χ2v) is 9.23. The summed E-state index contributed by atoms with van der Waals surface area (Å²) in [7, 11) is -3.53. The first-order chi connectivity index (χ1) is 13.2. The maximum absolute atomic E-state index is 13.3. The summed E-state index contributed by atoms with van der Waals surface area (Å²) in [6.45, 7) is 0. The van der Waals surface area contributed by atoms with Crippen LogP contribution >= 0.6 is 22.9 Å². The van der Waals surface area contributed by atoms with E-state index in [1.807, 2.05) is 6.07 Å². The van der Waals surface area contributed by atoms with Crippen molar-refractivity contribution in [1.82, 2.24) is 4.98 Å². The molecule has 0 atom stereocenters. The predicted octanol–water partition coefficient (Wildman–Crippen LogP) is 4.15. The van der Waals surface area contributed by atoms with Crippen LogP contribution in [0.4, 0.5) is 15.2 Å². The Morgan fingerprint density at radius 3 is 2.75 bits per heavy atom. The minimum atomic E-state index is -3.53. The number of halogens is 2. The smallest absolute Gasteiger partial charge is 0.257 e. The molecule has 146 valence electrons. The Morgan fingerprint density at radius 2 is 2.04 bits per heavy atom. The summed E-state index contributed by atoms with van der Waals surface area (Å²) >= 11 is 7.23. The van der Waals surface area contributed by atoms with Gasteiger partial charge in [0.1, 0.15) is 5.82 Å². The van der Waals surface area contributed by atoms with Crippen LogP contribution in [-0.2, 0) is 16.4 Å². The third-order valence-corrected chi connectivity index (χ3v) is 5.40.